The van der Waals surface area contributed by atoms with Crippen molar-refractivity contribution in [3.8, 4) is 17.4 Å². The second kappa shape index (κ2) is 8.19. The van der Waals surface area contributed by atoms with E-state index < -0.39 is 5.97 Å². The molecule has 0 amide bonds. The highest BCUT2D eigenvalue weighted by Gasteiger charge is 2.28. The molecule has 5 nitrogen and oxygen atoms in total. The van der Waals surface area contributed by atoms with Crippen molar-refractivity contribution in [1.29, 1.82) is 0 Å². The summed E-state index contributed by atoms with van der Waals surface area (Å²) >= 11 is 17.8. The second-order valence-electron chi connectivity index (χ2n) is 6.72. The summed E-state index contributed by atoms with van der Waals surface area (Å²) in [5.74, 6) is 0.626. The van der Waals surface area contributed by atoms with Crippen LogP contribution in [0, 0.1) is 6.92 Å². The maximum Gasteiger partial charge on any atom is 0.343 e. The van der Waals surface area contributed by atoms with Gasteiger partial charge in [-0.15, -0.1) is 10.2 Å². The van der Waals surface area contributed by atoms with Crippen molar-refractivity contribution in [3.63, 3.8) is 0 Å². The number of hydrogen-bond acceptors (Lipinski definition) is 5. The van der Waals surface area contributed by atoms with E-state index in [2.05, 4.69) is 10.2 Å². The summed E-state index contributed by atoms with van der Waals surface area (Å²) in [5, 5.41) is 8.47. The van der Waals surface area contributed by atoms with Crippen LogP contribution in [0.4, 0.5) is 0 Å². The van der Waals surface area contributed by atoms with Crippen molar-refractivity contribution in [1.82, 2.24) is 10.2 Å². The van der Waals surface area contributed by atoms with Crippen LogP contribution in [0.1, 0.15) is 40.2 Å². The Balaban J connectivity index is 1.65. The fourth-order valence-corrected chi connectivity index (χ4v) is 3.33. The number of aromatic nitrogens is 2. The molecule has 148 valence electrons. The molecule has 0 unspecified atom stereocenters. The van der Waals surface area contributed by atoms with Gasteiger partial charge in [0, 0.05) is 6.07 Å². The number of halogens is 3. The predicted octanol–water partition coefficient (Wildman–Crippen LogP) is 6.63. The fraction of sp³-hybridized carbons (Fsp3) is 0.190. The number of hydrogen-bond donors (Lipinski definition) is 0. The monoisotopic (exact) mass is 448 g/mol. The molecule has 1 saturated carbocycles. The Hall–Kier alpha value is -2.34. The van der Waals surface area contributed by atoms with Gasteiger partial charge in [-0.2, -0.15) is 0 Å². The van der Waals surface area contributed by atoms with Crippen LogP contribution in [0.2, 0.25) is 15.2 Å². The van der Waals surface area contributed by atoms with E-state index in [1.165, 1.54) is 24.3 Å². The Morgan fingerprint density at radius 1 is 1.03 bits per heavy atom. The number of aryl methyl sites for hydroxylation is 1. The minimum atomic E-state index is -0.648. The smallest absolute Gasteiger partial charge is 0.343 e. The largest absolute Gasteiger partial charge is 0.434 e. The standard InChI is InChI=1S/C21H15Cl3N2O3/c1-11-3-2-4-14(12-5-6-12)19(11)29-20-17(10-18(24)25-26-20)28-21(27)13-7-8-15(22)16(23)9-13/h2-4,7-10,12H,5-6H2,1H3. The number of esters is 1. The van der Waals surface area contributed by atoms with Crippen molar-refractivity contribution in [2.24, 2.45) is 0 Å². The van der Waals surface area contributed by atoms with Crippen molar-refractivity contribution < 1.29 is 14.3 Å². The number of carbonyl (C=O) groups excluding carboxylic acids is 1. The lowest BCUT2D eigenvalue weighted by molar-refractivity contribution is 0.0729. The maximum absolute atomic E-state index is 12.6. The van der Waals surface area contributed by atoms with Gasteiger partial charge in [0.05, 0.1) is 15.6 Å². The van der Waals surface area contributed by atoms with Crippen LogP contribution in [0.5, 0.6) is 17.4 Å². The zero-order valence-electron chi connectivity index (χ0n) is 15.3. The van der Waals surface area contributed by atoms with E-state index in [1.54, 1.807) is 0 Å². The maximum atomic E-state index is 12.6. The van der Waals surface area contributed by atoms with Crippen molar-refractivity contribution >= 4 is 40.8 Å². The molecule has 2 aromatic carbocycles. The quantitative estimate of drug-likeness (QED) is 0.409. The van der Waals surface area contributed by atoms with Crippen molar-refractivity contribution in [3.05, 3.63) is 74.4 Å². The van der Waals surface area contributed by atoms with Gasteiger partial charge in [0.15, 0.2) is 10.9 Å². The van der Waals surface area contributed by atoms with Crippen molar-refractivity contribution in [2.75, 3.05) is 0 Å². The molecule has 29 heavy (non-hydrogen) atoms. The predicted molar refractivity (Wildman–Crippen MR) is 112 cm³/mol. The van der Waals surface area contributed by atoms with Gasteiger partial charge in [0.1, 0.15) is 5.75 Å². The van der Waals surface area contributed by atoms with E-state index >= 15 is 0 Å². The molecule has 0 aliphatic heterocycles. The number of rotatable bonds is 5. The summed E-state index contributed by atoms with van der Waals surface area (Å²) in [6, 6.07) is 11.8. The number of nitrogens with zero attached hydrogens (tertiary/aromatic N) is 2. The molecule has 8 heteroatoms. The zero-order valence-corrected chi connectivity index (χ0v) is 17.6. The van der Waals surface area contributed by atoms with Crippen LogP contribution in [0.25, 0.3) is 0 Å². The molecule has 0 radical (unpaired) electrons. The molecule has 0 N–H and O–H groups in total. The molecule has 0 saturated heterocycles. The van der Waals surface area contributed by atoms with Crippen LogP contribution in [-0.4, -0.2) is 16.2 Å². The molecular formula is C21H15Cl3N2O3. The molecule has 4 rings (SSSR count). The van der Waals surface area contributed by atoms with Gasteiger partial charge in [-0.25, -0.2) is 4.79 Å². The molecule has 1 heterocycles. The lowest BCUT2D eigenvalue weighted by Crippen LogP contribution is -2.10. The van der Waals surface area contributed by atoms with E-state index in [4.69, 9.17) is 44.3 Å². The van der Waals surface area contributed by atoms with E-state index in [1.807, 2.05) is 25.1 Å². The van der Waals surface area contributed by atoms with Gasteiger partial charge < -0.3 is 9.47 Å². The first kappa shape index (κ1) is 20.0. The summed E-state index contributed by atoms with van der Waals surface area (Å²) in [6.45, 7) is 1.95. The van der Waals surface area contributed by atoms with Crippen LogP contribution in [0.3, 0.4) is 0 Å². The highest BCUT2D eigenvalue weighted by molar-refractivity contribution is 6.42. The minimum Gasteiger partial charge on any atom is -0.434 e. The number of ether oxygens (including phenoxy) is 2. The van der Waals surface area contributed by atoms with Crippen molar-refractivity contribution in [2.45, 2.75) is 25.7 Å². The van der Waals surface area contributed by atoms with E-state index in [-0.39, 0.29) is 27.4 Å². The third kappa shape index (κ3) is 4.47. The van der Waals surface area contributed by atoms with Gasteiger partial charge in [-0.05, 0) is 55.0 Å². The summed E-state index contributed by atoms with van der Waals surface area (Å²) in [7, 11) is 0. The summed E-state index contributed by atoms with van der Waals surface area (Å²) < 4.78 is 11.5. The van der Waals surface area contributed by atoms with E-state index in [9.17, 15) is 4.79 Å². The Kier molecular flexibility index (Phi) is 5.63. The van der Waals surface area contributed by atoms with Gasteiger partial charge in [0.2, 0.25) is 0 Å². The third-order valence-corrected chi connectivity index (χ3v) is 5.44. The van der Waals surface area contributed by atoms with E-state index in [0.717, 1.165) is 24.0 Å². The number of para-hydroxylation sites is 1. The average molecular weight is 450 g/mol. The molecule has 1 aromatic heterocycles. The molecule has 1 aliphatic carbocycles. The average Bonchev–Trinajstić information content (AvgIpc) is 3.52. The Morgan fingerprint density at radius 3 is 2.55 bits per heavy atom. The number of benzene rings is 2. The summed E-state index contributed by atoms with van der Waals surface area (Å²) in [4.78, 5) is 12.6. The minimum absolute atomic E-state index is 0.0546. The van der Waals surface area contributed by atoms with Crippen LogP contribution in [0.15, 0.2) is 42.5 Å². The third-order valence-electron chi connectivity index (χ3n) is 4.51. The highest BCUT2D eigenvalue weighted by atomic mass is 35.5. The molecule has 1 aliphatic rings. The Labute approximate surface area is 182 Å². The molecule has 1 fully saturated rings. The first-order chi connectivity index (χ1) is 13.9. The van der Waals surface area contributed by atoms with Gasteiger partial charge in [-0.3, -0.25) is 0 Å². The van der Waals surface area contributed by atoms with Gasteiger partial charge in [0.25, 0.3) is 5.88 Å². The van der Waals surface area contributed by atoms with Gasteiger partial charge in [-0.1, -0.05) is 53.0 Å². The summed E-state index contributed by atoms with van der Waals surface area (Å²) in [5.41, 5.74) is 2.28. The van der Waals surface area contributed by atoms with Gasteiger partial charge >= 0.3 is 5.97 Å². The van der Waals surface area contributed by atoms with Crippen LogP contribution < -0.4 is 9.47 Å². The second-order valence-corrected chi connectivity index (χ2v) is 7.93. The Bertz CT molecular complexity index is 1100. The lowest BCUT2D eigenvalue weighted by atomic mass is 10.1. The molecule has 3 aromatic rings. The number of carbonyl (C=O) groups is 1. The first-order valence-electron chi connectivity index (χ1n) is 8.90. The molecule has 0 atom stereocenters. The molecular weight excluding hydrogens is 435 g/mol. The Morgan fingerprint density at radius 2 is 1.83 bits per heavy atom. The molecule has 0 bridgehead atoms. The summed E-state index contributed by atoms with van der Waals surface area (Å²) in [6.07, 6.45) is 2.23. The highest BCUT2D eigenvalue weighted by Crippen LogP contribution is 2.47. The molecule has 0 spiro atoms. The topological polar surface area (TPSA) is 61.3 Å². The van der Waals surface area contributed by atoms with Crippen LogP contribution >= 0.6 is 34.8 Å². The first-order valence-corrected chi connectivity index (χ1v) is 10.0. The van der Waals surface area contributed by atoms with Crippen LogP contribution in [-0.2, 0) is 0 Å². The SMILES string of the molecule is Cc1cccc(C2CC2)c1Oc1nnc(Cl)cc1OC(=O)c1ccc(Cl)c(Cl)c1. The fourth-order valence-electron chi connectivity index (χ4n) is 2.89. The lowest BCUT2D eigenvalue weighted by Gasteiger charge is -2.15. The normalized spacial score (nSPS) is 13.2. The van der Waals surface area contributed by atoms with E-state index in [0.29, 0.717) is 16.7 Å². The zero-order chi connectivity index (χ0) is 20.5.